The van der Waals surface area contributed by atoms with Crippen LogP contribution in [0, 0.1) is 10.1 Å². The van der Waals surface area contributed by atoms with E-state index in [4.69, 9.17) is 0 Å². The number of anilines is 1. The second kappa shape index (κ2) is 14.5. The van der Waals surface area contributed by atoms with Gasteiger partial charge in [0.05, 0.1) is 24.3 Å². The Bertz CT molecular complexity index is 718. The first-order valence-corrected chi connectivity index (χ1v) is 12.2. The molecule has 1 saturated heterocycles. The number of benzene rings is 1. The molecule has 1 aromatic carbocycles. The van der Waals surface area contributed by atoms with E-state index in [0.717, 1.165) is 70.6 Å². The number of likely N-dealkylation sites (N-methyl/N-ethyl adjacent to an activating group) is 1. The quantitative estimate of drug-likeness (QED) is 0.194. The lowest BCUT2D eigenvalue weighted by Gasteiger charge is -2.28. The summed E-state index contributed by atoms with van der Waals surface area (Å²) in [4.78, 5) is 18.0. The minimum Gasteiger partial charge on any atom is -0.395 e. The lowest BCUT2D eigenvalue weighted by Crippen LogP contribution is -2.38. The Morgan fingerprint density at radius 3 is 2.58 bits per heavy atom. The highest BCUT2D eigenvalue weighted by Crippen LogP contribution is 2.26. The smallest absolute Gasteiger partial charge is 0.292 e. The summed E-state index contributed by atoms with van der Waals surface area (Å²) in [5.41, 5.74) is 1.70. The average Bonchev–Trinajstić information content (AvgIpc) is 3.19. The van der Waals surface area contributed by atoms with Crippen molar-refractivity contribution in [2.45, 2.75) is 64.6 Å². The molecule has 1 aromatic rings. The van der Waals surface area contributed by atoms with E-state index in [-0.39, 0.29) is 29.4 Å². The largest absolute Gasteiger partial charge is 0.395 e. The van der Waals surface area contributed by atoms with Crippen molar-refractivity contribution >= 4 is 11.4 Å². The second-order valence-electron chi connectivity index (χ2n) is 9.43. The van der Waals surface area contributed by atoms with E-state index in [1.54, 1.807) is 13.0 Å². The van der Waals surface area contributed by atoms with Crippen molar-refractivity contribution < 1.29 is 15.1 Å². The number of aliphatic hydroxyl groups excluding tert-OH is 2. The van der Waals surface area contributed by atoms with E-state index in [0.29, 0.717) is 18.7 Å². The zero-order valence-electron chi connectivity index (χ0n) is 20.6. The predicted molar refractivity (Wildman–Crippen MR) is 132 cm³/mol. The summed E-state index contributed by atoms with van der Waals surface area (Å²) in [6.45, 7) is 9.96. The normalized spacial score (nSPS) is 16.9. The first kappa shape index (κ1) is 27.5. The summed E-state index contributed by atoms with van der Waals surface area (Å²) >= 11 is 0. The maximum atomic E-state index is 11.6. The summed E-state index contributed by atoms with van der Waals surface area (Å²) in [5, 5.41) is 33.8. The molecule has 33 heavy (non-hydrogen) atoms. The number of nitro groups is 1. The Balaban J connectivity index is 1.72. The molecule has 0 aliphatic carbocycles. The summed E-state index contributed by atoms with van der Waals surface area (Å²) in [5.74, 6) is 0. The van der Waals surface area contributed by atoms with Gasteiger partial charge < -0.3 is 15.5 Å². The number of aliphatic hydroxyl groups is 2. The van der Waals surface area contributed by atoms with Crippen LogP contribution in [0.25, 0.3) is 0 Å². The van der Waals surface area contributed by atoms with Gasteiger partial charge in [-0.3, -0.25) is 24.8 Å². The van der Waals surface area contributed by atoms with Gasteiger partial charge in [-0.1, -0.05) is 18.9 Å². The van der Waals surface area contributed by atoms with Crippen molar-refractivity contribution in [1.82, 2.24) is 14.7 Å². The van der Waals surface area contributed by atoms with E-state index in [1.807, 2.05) is 19.1 Å². The van der Waals surface area contributed by atoms with E-state index < -0.39 is 0 Å². The van der Waals surface area contributed by atoms with Crippen molar-refractivity contribution in [3.8, 4) is 0 Å². The monoisotopic (exact) mass is 465 g/mol. The summed E-state index contributed by atoms with van der Waals surface area (Å²) in [7, 11) is 2.08. The van der Waals surface area contributed by atoms with Gasteiger partial charge in [-0.2, -0.15) is 0 Å². The van der Waals surface area contributed by atoms with Crippen LogP contribution in [-0.4, -0.2) is 95.0 Å². The third-order valence-electron chi connectivity index (χ3n) is 6.31. The maximum absolute atomic E-state index is 11.6. The van der Waals surface area contributed by atoms with Gasteiger partial charge in [0.1, 0.15) is 5.69 Å². The molecule has 0 unspecified atom stereocenters. The zero-order chi connectivity index (χ0) is 24.2. The highest BCUT2D eigenvalue weighted by atomic mass is 16.6. The van der Waals surface area contributed by atoms with Crippen LogP contribution in [0.4, 0.5) is 11.4 Å². The molecule has 0 aromatic heterocycles. The fraction of sp³-hybridized carbons (Fsp3) is 0.750. The van der Waals surface area contributed by atoms with E-state index in [1.165, 1.54) is 0 Å². The van der Waals surface area contributed by atoms with E-state index in [9.17, 15) is 20.3 Å². The molecular formula is C24H43N5O4. The number of hydrogen-bond donors (Lipinski definition) is 3. The van der Waals surface area contributed by atoms with Gasteiger partial charge in [0.25, 0.3) is 5.69 Å². The molecule has 0 radical (unpaired) electrons. The second-order valence-corrected chi connectivity index (χ2v) is 9.43. The first-order valence-electron chi connectivity index (χ1n) is 12.2. The minimum absolute atomic E-state index is 0.0975. The molecule has 2 atom stereocenters. The molecule has 0 bridgehead atoms. The standard InChI is InChI=1S/C24H43N5O4/c1-20(18-30)28(13-10-21(2)31)12-7-5-4-6-11-25-23-9-8-22(16-24(23)29(32)33)17-27-15-14-26(3)19-27/h8-9,16,20-21,25,30-31H,4-7,10-15,17-19H2,1-3H3/t20-,21-/m0/s1. The zero-order valence-corrected chi connectivity index (χ0v) is 20.6. The number of nitrogens with one attached hydrogen (secondary N) is 1. The molecule has 188 valence electrons. The predicted octanol–water partition coefficient (Wildman–Crippen LogP) is 2.73. The van der Waals surface area contributed by atoms with E-state index >= 15 is 0 Å². The van der Waals surface area contributed by atoms with Crippen LogP contribution in [0.1, 0.15) is 51.5 Å². The van der Waals surface area contributed by atoms with Crippen molar-refractivity contribution in [2.24, 2.45) is 0 Å². The summed E-state index contributed by atoms with van der Waals surface area (Å²) in [6.07, 6.45) is 4.47. The van der Waals surface area contributed by atoms with Crippen LogP contribution in [0.15, 0.2) is 18.2 Å². The third kappa shape index (κ3) is 9.93. The Kier molecular flexibility index (Phi) is 12.0. The number of nitro benzene ring substituents is 1. The lowest BCUT2D eigenvalue weighted by molar-refractivity contribution is -0.384. The molecule has 2 rings (SSSR count). The molecule has 9 nitrogen and oxygen atoms in total. The fourth-order valence-corrected chi connectivity index (χ4v) is 4.20. The molecule has 9 heteroatoms. The van der Waals surface area contributed by atoms with Crippen LogP contribution in [0.3, 0.4) is 0 Å². The van der Waals surface area contributed by atoms with Gasteiger partial charge in [0.15, 0.2) is 0 Å². The lowest BCUT2D eigenvalue weighted by atomic mass is 10.1. The number of rotatable bonds is 16. The molecular weight excluding hydrogens is 422 g/mol. The Morgan fingerprint density at radius 1 is 1.18 bits per heavy atom. The van der Waals surface area contributed by atoms with Gasteiger partial charge in [-0.25, -0.2) is 0 Å². The molecule has 3 N–H and O–H groups in total. The molecule has 0 saturated carbocycles. The number of hydrogen-bond acceptors (Lipinski definition) is 8. The Morgan fingerprint density at radius 2 is 1.94 bits per heavy atom. The maximum Gasteiger partial charge on any atom is 0.292 e. The fourth-order valence-electron chi connectivity index (χ4n) is 4.20. The SMILES string of the molecule is C[C@H](O)CCN(CCCCCCNc1ccc(CN2CCN(C)C2)cc1[N+](=O)[O-])[C@@H](C)CO. The van der Waals surface area contributed by atoms with Crippen LogP contribution in [0.2, 0.25) is 0 Å². The topological polar surface area (TPSA) is 105 Å². The van der Waals surface area contributed by atoms with E-state index in [2.05, 4.69) is 27.1 Å². The van der Waals surface area contributed by atoms with Crippen molar-refractivity contribution in [3.05, 3.63) is 33.9 Å². The van der Waals surface area contributed by atoms with Crippen LogP contribution < -0.4 is 5.32 Å². The van der Waals surface area contributed by atoms with Crippen molar-refractivity contribution in [3.63, 3.8) is 0 Å². The summed E-state index contributed by atoms with van der Waals surface area (Å²) in [6, 6.07) is 5.62. The Hall–Kier alpha value is -1.78. The van der Waals surface area contributed by atoms with Gasteiger partial charge in [0.2, 0.25) is 0 Å². The van der Waals surface area contributed by atoms with Crippen molar-refractivity contribution in [2.75, 3.05) is 58.4 Å². The number of unbranched alkanes of at least 4 members (excludes halogenated alkanes) is 3. The first-order chi connectivity index (χ1) is 15.8. The Labute approximate surface area is 198 Å². The molecule has 1 aliphatic rings. The molecule has 0 amide bonds. The minimum atomic E-state index is -0.329. The van der Waals surface area contributed by atoms with Gasteiger partial charge >= 0.3 is 0 Å². The summed E-state index contributed by atoms with van der Waals surface area (Å²) < 4.78 is 0. The van der Waals surface area contributed by atoms with Gasteiger partial charge in [-0.05, 0) is 58.3 Å². The van der Waals surface area contributed by atoms with Crippen molar-refractivity contribution in [1.29, 1.82) is 0 Å². The molecule has 1 heterocycles. The van der Waals surface area contributed by atoms with Gasteiger partial charge in [-0.15, -0.1) is 0 Å². The molecule has 1 aliphatic heterocycles. The highest BCUT2D eigenvalue weighted by molar-refractivity contribution is 5.62. The van der Waals surface area contributed by atoms with Crippen LogP contribution in [0.5, 0.6) is 0 Å². The number of nitrogens with zero attached hydrogens (tertiary/aromatic N) is 4. The molecule has 0 spiro atoms. The van der Waals surface area contributed by atoms with Crippen LogP contribution >= 0.6 is 0 Å². The molecule has 1 fully saturated rings. The van der Waals surface area contributed by atoms with Crippen LogP contribution in [-0.2, 0) is 6.54 Å². The van der Waals surface area contributed by atoms with Gasteiger partial charge in [0, 0.05) is 44.8 Å². The average molecular weight is 466 g/mol. The highest BCUT2D eigenvalue weighted by Gasteiger charge is 2.19. The third-order valence-corrected chi connectivity index (χ3v) is 6.31.